The zero-order chi connectivity index (χ0) is 13.9. The van der Waals surface area contributed by atoms with Crippen molar-refractivity contribution >= 4 is 5.91 Å². The highest BCUT2D eigenvalue weighted by Crippen LogP contribution is 2.37. The molecule has 2 heterocycles. The Morgan fingerprint density at radius 1 is 1.25 bits per heavy atom. The fraction of sp³-hybridized carbons (Fsp3) is 0.938. The first-order valence-electron chi connectivity index (χ1n) is 8.50. The van der Waals surface area contributed by atoms with Gasteiger partial charge in [0.2, 0.25) is 5.91 Å². The number of nitrogens with one attached hydrogen (secondary N) is 2. The molecule has 3 fully saturated rings. The first-order valence-corrected chi connectivity index (χ1v) is 8.50. The Kier molecular flexibility index (Phi) is 4.61. The molecule has 0 aromatic rings. The van der Waals surface area contributed by atoms with Gasteiger partial charge in [-0.15, -0.1) is 0 Å². The van der Waals surface area contributed by atoms with Crippen LogP contribution in [0.2, 0.25) is 0 Å². The van der Waals surface area contributed by atoms with Crippen molar-refractivity contribution in [2.75, 3.05) is 26.2 Å². The van der Waals surface area contributed by atoms with Crippen molar-refractivity contribution in [3.63, 3.8) is 0 Å². The van der Waals surface area contributed by atoms with Crippen LogP contribution in [0.3, 0.4) is 0 Å². The van der Waals surface area contributed by atoms with Crippen LogP contribution in [0.5, 0.6) is 0 Å². The van der Waals surface area contributed by atoms with Crippen molar-refractivity contribution in [3.05, 3.63) is 0 Å². The molecule has 114 valence electrons. The summed E-state index contributed by atoms with van der Waals surface area (Å²) in [5.41, 5.74) is 0. The molecule has 4 nitrogen and oxygen atoms in total. The predicted octanol–water partition coefficient (Wildman–Crippen LogP) is 1.37. The smallest absolute Gasteiger partial charge is 0.237 e. The summed E-state index contributed by atoms with van der Waals surface area (Å²) in [5, 5.41) is 6.68. The number of hydrogen-bond acceptors (Lipinski definition) is 3. The normalized spacial score (nSPS) is 35.8. The van der Waals surface area contributed by atoms with Crippen molar-refractivity contribution < 1.29 is 4.79 Å². The van der Waals surface area contributed by atoms with Gasteiger partial charge in [-0.25, -0.2) is 0 Å². The fourth-order valence-electron chi connectivity index (χ4n) is 4.38. The van der Waals surface area contributed by atoms with Crippen LogP contribution in [-0.2, 0) is 4.79 Å². The van der Waals surface area contributed by atoms with Gasteiger partial charge < -0.3 is 15.5 Å². The molecule has 4 unspecified atom stereocenters. The number of likely N-dealkylation sites (tertiary alicyclic amines) is 1. The molecule has 1 saturated carbocycles. The summed E-state index contributed by atoms with van der Waals surface area (Å²) >= 11 is 0. The SMILES string of the molecule is CC(CN1CCCCC1)NC(=O)C1NCC2CCCC21. The number of nitrogens with zero attached hydrogens (tertiary/aromatic N) is 1. The van der Waals surface area contributed by atoms with E-state index < -0.39 is 0 Å². The van der Waals surface area contributed by atoms with E-state index in [1.165, 1.54) is 51.6 Å². The maximum absolute atomic E-state index is 12.4. The lowest BCUT2D eigenvalue weighted by Crippen LogP contribution is -2.50. The Bertz CT molecular complexity index is 341. The van der Waals surface area contributed by atoms with Gasteiger partial charge in [-0.1, -0.05) is 12.8 Å². The highest BCUT2D eigenvalue weighted by atomic mass is 16.2. The quantitative estimate of drug-likeness (QED) is 0.817. The number of carbonyl (C=O) groups is 1. The number of piperidine rings is 1. The van der Waals surface area contributed by atoms with Crippen molar-refractivity contribution in [1.82, 2.24) is 15.5 Å². The van der Waals surface area contributed by atoms with Crippen LogP contribution in [0.1, 0.15) is 45.4 Å². The molecule has 0 bridgehead atoms. The second kappa shape index (κ2) is 6.44. The molecule has 4 atom stereocenters. The topological polar surface area (TPSA) is 44.4 Å². The molecule has 1 aliphatic carbocycles. The average Bonchev–Trinajstić information content (AvgIpc) is 3.01. The summed E-state index contributed by atoms with van der Waals surface area (Å²) in [5.74, 6) is 1.59. The molecule has 2 aliphatic heterocycles. The molecule has 2 saturated heterocycles. The molecule has 1 amide bonds. The molecule has 0 aromatic carbocycles. The van der Waals surface area contributed by atoms with Gasteiger partial charge in [0.15, 0.2) is 0 Å². The maximum Gasteiger partial charge on any atom is 0.237 e. The largest absolute Gasteiger partial charge is 0.351 e. The molecular formula is C16H29N3O. The van der Waals surface area contributed by atoms with E-state index in [4.69, 9.17) is 0 Å². The number of amides is 1. The minimum absolute atomic E-state index is 0.0753. The zero-order valence-corrected chi connectivity index (χ0v) is 12.7. The van der Waals surface area contributed by atoms with Crippen LogP contribution in [0.15, 0.2) is 0 Å². The highest BCUT2D eigenvalue weighted by Gasteiger charge is 2.42. The molecular weight excluding hydrogens is 250 g/mol. The van der Waals surface area contributed by atoms with Gasteiger partial charge in [0.05, 0.1) is 6.04 Å². The van der Waals surface area contributed by atoms with Gasteiger partial charge in [0.25, 0.3) is 0 Å². The summed E-state index contributed by atoms with van der Waals surface area (Å²) in [6.45, 7) is 6.60. The van der Waals surface area contributed by atoms with E-state index in [9.17, 15) is 4.79 Å². The molecule has 20 heavy (non-hydrogen) atoms. The molecule has 3 aliphatic rings. The third-order valence-corrected chi connectivity index (χ3v) is 5.40. The van der Waals surface area contributed by atoms with Crippen molar-refractivity contribution in [2.24, 2.45) is 11.8 Å². The van der Waals surface area contributed by atoms with Crippen LogP contribution in [0.25, 0.3) is 0 Å². The van der Waals surface area contributed by atoms with E-state index in [1.807, 2.05) is 0 Å². The molecule has 0 spiro atoms. The Labute approximate surface area is 122 Å². The zero-order valence-electron chi connectivity index (χ0n) is 12.7. The second-order valence-electron chi connectivity index (χ2n) is 7.01. The van der Waals surface area contributed by atoms with Crippen molar-refractivity contribution in [1.29, 1.82) is 0 Å². The van der Waals surface area contributed by atoms with Gasteiger partial charge >= 0.3 is 0 Å². The van der Waals surface area contributed by atoms with E-state index in [2.05, 4.69) is 22.5 Å². The minimum atomic E-state index is 0.0753. The minimum Gasteiger partial charge on any atom is -0.351 e. The van der Waals surface area contributed by atoms with Gasteiger partial charge in [0.1, 0.15) is 0 Å². The molecule has 2 N–H and O–H groups in total. The van der Waals surface area contributed by atoms with E-state index in [0.717, 1.165) is 19.0 Å². The van der Waals surface area contributed by atoms with E-state index in [-0.39, 0.29) is 18.0 Å². The van der Waals surface area contributed by atoms with Crippen LogP contribution in [0.4, 0.5) is 0 Å². The van der Waals surface area contributed by atoms with Gasteiger partial charge in [0, 0.05) is 12.6 Å². The highest BCUT2D eigenvalue weighted by molar-refractivity contribution is 5.82. The number of fused-ring (bicyclic) bond motifs is 1. The first kappa shape index (κ1) is 14.3. The lowest BCUT2D eigenvalue weighted by molar-refractivity contribution is -0.124. The van der Waals surface area contributed by atoms with Crippen molar-refractivity contribution in [2.45, 2.75) is 57.5 Å². The van der Waals surface area contributed by atoms with Crippen LogP contribution >= 0.6 is 0 Å². The third-order valence-electron chi connectivity index (χ3n) is 5.40. The summed E-state index contributed by atoms with van der Waals surface area (Å²) in [7, 11) is 0. The van der Waals surface area contributed by atoms with E-state index in [0.29, 0.717) is 5.92 Å². The summed E-state index contributed by atoms with van der Waals surface area (Å²) in [6.07, 6.45) is 7.85. The van der Waals surface area contributed by atoms with Crippen LogP contribution < -0.4 is 10.6 Å². The predicted molar refractivity (Wildman–Crippen MR) is 80.5 cm³/mol. The first-order chi connectivity index (χ1) is 9.74. The lowest BCUT2D eigenvalue weighted by atomic mass is 9.93. The summed E-state index contributed by atoms with van der Waals surface area (Å²) < 4.78 is 0. The molecule has 4 heteroatoms. The lowest BCUT2D eigenvalue weighted by Gasteiger charge is -2.30. The van der Waals surface area contributed by atoms with Gasteiger partial charge in [-0.3, -0.25) is 4.79 Å². The molecule has 0 aromatic heterocycles. The number of carbonyl (C=O) groups excluding carboxylic acids is 1. The van der Waals surface area contributed by atoms with E-state index >= 15 is 0 Å². The Hall–Kier alpha value is -0.610. The Morgan fingerprint density at radius 3 is 2.85 bits per heavy atom. The monoisotopic (exact) mass is 279 g/mol. The molecule has 3 rings (SSSR count). The maximum atomic E-state index is 12.4. The van der Waals surface area contributed by atoms with Gasteiger partial charge in [-0.2, -0.15) is 0 Å². The Balaban J connectivity index is 1.45. The van der Waals surface area contributed by atoms with Crippen LogP contribution in [-0.4, -0.2) is 49.1 Å². The summed E-state index contributed by atoms with van der Waals surface area (Å²) in [6, 6.07) is 0.342. The van der Waals surface area contributed by atoms with Crippen molar-refractivity contribution in [3.8, 4) is 0 Å². The summed E-state index contributed by atoms with van der Waals surface area (Å²) in [4.78, 5) is 14.9. The molecule has 0 radical (unpaired) electrons. The van der Waals surface area contributed by atoms with Gasteiger partial charge in [-0.05, 0) is 64.1 Å². The standard InChI is InChI=1S/C16H29N3O/c1-12(11-19-8-3-2-4-9-19)18-16(20)15-14-7-5-6-13(14)10-17-15/h12-15,17H,2-11H2,1H3,(H,18,20). The second-order valence-corrected chi connectivity index (χ2v) is 7.01. The number of rotatable bonds is 4. The van der Waals surface area contributed by atoms with E-state index in [1.54, 1.807) is 0 Å². The number of hydrogen-bond donors (Lipinski definition) is 2. The third kappa shape index (κ3) is 3.17. The Morgan fingerprint density at radius 2 is 2.05 bits per heavy atom. The fourth-order valence-corrected chi connectivity index (χ4v) is 4.38. The average molecular weight is 279 g/mol. The van der Waals surface area contributed by atoms with Crippen LogP contribution in [0, 0.1) is 11.8 Å².